The first-order valence-electron chi connectivity index (χ1n) is 4.72. The van der Waals surface area contributed by atoms with E-state index >= 15 is 0 Å². The van der Waals surface area contributed by atoms with Gasteiger partial charge in [0.15, 0.2) is 23.3 Å². The number of rotatable bonds is 2. The van der Waals surface area contributed by atoms with Crippen molar-refractivity contribution >= 4 is 0 Å². The quantitative estimate of drug-likeness (QED) is 0.477. The van der Waals surface area contributed by atoms with Gasteiger partial charge in [-0.15, -0.1) is 0 Å². The molecule has 6 heteroatoms. The van der Waals surface area contributed by atoms with E-state index in [1.165, 1.54) is 0 Å². The smallest absolute Gasteiger partial charge is 0.200 e. The van der Waals surface area contributed by atoms with Crippen LogP contribution in [0.2, 0.25) is 0 Å². The maximum absolute atomic E-state index is 13.2. The average molecular weight is 237 g/mol. The van der Waals surface area contributed by atoms with E-state index < -0.39 is 40.7 Å². The minimum absolute atomic E-state index is 0.201. The minimum atomic E-state index is -2.15. The molecule has 1 aliphatic carbocycles. The fraction of sp³-hybridized carbons (Fsp3) is 0.400. The summed E-state index contributed by atoms with van der Waals surface area (Å²) >= 11 is 0. The Kier molecular flexibility index (Phi) is 2.61. The maximum atomic E-state index is 13.2. The Bertz CT molecular complexity index is 412. The van der Waals surface area contributed by atoms with E-state index in [4.69, 9.17) is 5.73 Å². The zero-order valence-electron chi connectivity index (χ0n) is 8.04. The molecule has 1 aromatic carbocycles. The van der Waals surface area contributed by atoms with Crippen LogP contribution >= 0.6 is 0 Å². The summed E-state index contributed by atoms with van der Waals surface area (Å²) in [6.45, 7) is 0. The highest BCUT2D eigenvalue weighted by Gasteiger charge is 2.36. The molecule has 0 amide bonds. The van der Waals surface area contributed by atoms with Gasteiger partial charge in [-0.05, 0) is 18.8 Å². The second-order valence-corrected chi connectivity index (χ2v) is 3.85. The lowest BCUT2D eigenvalue weighted by Gasteiger charge is -2.14. The van der Waals surface area contributed by atoms with Gasteiger partial charge in [-0.25, -0.2) is 22.0 Å². The normalized spacial score (nSPS) is 17.6. The average Bonchev–Trinajstić information content (AvgIpc) is 3.07. The van der Waals surface area contributed by atoms with Crippen molar-refractivity contribution in [2.45, 2.75) is 18.9 Å². The summed E-state index contributed by atoms with van der Waals surface area (Å²) in [5, 5.41) is 0. The SMILES string of the molecule is NC(c1c(F)c(F)c(F)c(F)c1F)C1CC1. The first-order chi connectivity index (χ1) is 7.45. The Morgan fingerprint density at radius 1 is 0.812 bits per heavy atom. The fourth-order valence-electron chi connectivity index (χ4n) is 1.61. The van der Waals surface area contributed by atoms with E-state index in [-0.39, 0.29) is 5.92 Å². The highest BCUT2D eigenvalue weighted by molar-refractivity contribution is 5.28. The van der Waals surface area contributed by atoms with E-state index in [2.05, 4.69) is 0 Å². The molecule has 2 N–H and O–H groups in total. The molecule has 0 radical (unpaired) electrons. The molecule has 1 nitrogen and oxygen atoms in total. The van der Waals surface area contributed by atoms with Crippen molar-refractivity contribution in [3.8, 4) is 0 Å². The summed E-state index contributed by atoms with van der Waals surface area (Å²) in [4.78, 5) is 0. The lowest BCUT2D eigenvalue weighted by atomic mass is 10.0. The van der Waals surface area contributed by atoms with E-state index in [0.29, 0.717) is 12.8 Å². The lowest BCUT2D eigenvalue weighted by Crippen LogP contribution is -2.19. The van der Waals surface area contributed by atoms with Crippen LogP contribution in [-0.2, 0) is 0 Å². The molecule has 1 saturated carbocycles. The number of hydrogen-bond donors (Lipinski definition) is 1. The lowest BCUT2D eigenvalue weighted by molar-refractivity contribution is 0.360. The summed E-state index contributed by atoms with van der Waals surface area (Å²) < 4.78 is 64.9. The second-order valence-electron chi connectivity index (χ2n) is 3.85. The van der Waals surface area contributed by atoms with Gasteiger partial charge in [0.05, 0.1) is 0 Å². The van der Waals surface area contributed by atoms with Gasteiger partial charge in [0, 0.05) is 11.6 Å². The van der Waals surface area contributed by atoms with E-state index in [0.717, 1.165) is 0 Å². The molecular formula is C10H8F5N. The molecule has 2 rings (SSSR count). The molecule has 1 unspecified atom stereocenters. The molecule has 1 aliphatic rings. The van der Waals surface area contributed by atoms with Crippen molar-refractivity contribution < 1.29 is 22.0 Å². The van der Waals surface area contributed by atoms with Crippen LogP contribution in [-0.4, -0.2) is 0 Å². The Morgan fingerprint density at radius 2 is 1.19 bits per heavy atom. The first-order valence-corrected chi connectivity index (χ1v) is 4.72. The van der Waals surface area contributed by atoms with E-state index in [1.807, 2.05) is 0 Å². The van der Waals surface area contributed by atoms with Gasteiger partial charge < -0.3 is 5.73 Å². The molecule has 16 heavy (non-hydrogen) atoms. The van der Waals surface area contributed by atoms with Gasteiger partial charge in [0.2, 0.25) is 5.82 Å². The number of hydrogen-bond acceptors (Lipinski definition) is 1. The molecule has 0 aromatic heterocycles. The number of benzene rings is 1. The summed E-state index contributed by atoms with van der Waals surface area (Å²) in [6.07, 6.45) is 1.28. The summed E-state index contributed by atoms with van der Waals surface area (Å²) in [5.41, 5.74) is 4.55. The molecule has 88 valence electrons. The van der Waals surface area contributed by atoms with Crippen molar-refractivity contribution in [3.05, 3.63) is 34.6 Å². The van der Waals surface area contributed by atoms with Crippen molar-refractivity contribution in [1.29, 1.82) is 0 Å². The van der Waals surface area contributed by atoms with Gasteiger partial charge in [0.1, 0.15) is 0 Å². The zero-order chi connectivity index (χ0) is 12.0. The highest BCUT2D eigenvalue weighted by Crippen LogP contribution is 2.41. The molecule has 1 aromatic rings. The Hall–Kier alpha value is -1.17. The van der Waals surface area contributed by atoms with Crippen LogP contribution < -0.4 is 5.73 Å². The second kappa shape index (κ2) is 3.69. The predicted octanol–water partition coefficient (Wildman–Crippen LogP) is 2.79. The van der Waals surface area contributed by atoms with Gasteiger partial charge in [-0.2, -0.15) is 0 Å². The fourth-order valence-corrected chi connectivity index (χ4v) is 1.61. The van der Waals surface area contributed by atoms with Crippen LogP contribution in [0.5, 0.6) is 0 Å². The van der Waals surface area contributed by atoms with Crippen molar-refractivity contribution in [2.75, 3.05) is 0 Å². The maximum Gasteiger partial charge on any atom is 0.200 e. The van der Waals surface area contributed by atoms with Crippen LogP contribution in [0.25, 0.3) is 0 Å². The summed E-state index contributed by atoms with van der Waals surface area (Å²) in [6, 6.07) is -1.13. The van der Waals surface area contributed by atoms with E-state index in [9.17, 15) is 22.0 Å². The topological polar surface area (TPSA) is 26.0 Å². The predicted molar refractivity (Wildman–Crippen MR) is 45.9 cm³/mol. The van der Waals surface area contributed by atoms with Crippen LogP contribution in [0.15, 0.2) is 0 Å². The summed E-state index contributed by atoms with van der Waals surface area (Å²) in [7, 11) is 0. The highest BCUT2D eigenvalue weighted by atomic mass is 19.2. The molecule has 1 fully saturated rings. The Labute approximate surface area is 88.1 Å². The number of nitrogens with two attached hydrogens (primary N) is 1. The minimum Gasteiger partial charge on any atom is -0.324 e. The first kappa shape index (κ1) is 11.3. The van der Waals surface area contributed by atoms with Gasteiger partial charge in [-0.1, -0.05) is 0 Å². The molecule has 0 spiro atoms. The Balaban J connectivity index is 2.59. The largest absolute Gasteiger partial charge is 0.324 e. The molecule has 0 bridgehead atoms. The van der Waals surface area contributed by atoms with Gasteiger partial charge >= 0.3 is 0 Å². The van der Waals surface area contributed by atoms with Crippen LogP contribution in [0.3, 0.4) is 0 Å². The third kappa shape index (κ3) is 1.57. The molecule has 0 saturated heterocycles. The molecule has 0 heterocycles. The van der Waals surface area contributed by atoms with Crippen molar-refractivity contribution in [1.82, 2.24) is 0 Å². The molecule has 0 aliphatic heterocycles. The summed E-state index contributed by atoms with van der Waals surface area (Å²) in [5.74, 6) is -9.88. The third-order valence-electron chi connectivity index (χ3n) is 2.71. The van der Waals surface area contributed by atoms with Crippen LogP contribution in [0.4, 0.5) is 22.0 Å². The molecular weight excluding hydrogens is 229 g/mol. The third-order valence-corrected chi connectivity index (χ3v) is 2.71. The van der Waals surface area contributed by atoms with Crippen LogP contribution in [0, 0.1) is 35.0 Å². The monoisotopic (exact) mass is 237 g/mol. The number of halogens is 5. The van der Waals surface area contributed by atoms with E-state index in [1.54, 1.807) is 0 Å². The zero-order valence-corrected chi connectivity index (χ0v) is 8.04. The van der Waals surface area contributed by atoms with Gasteiger partial charge in [-0.3, -0.25) is 0 Å². The van der Waals surface area contributed by atoms with Crippen molar-refractivity contribution in [3.63, 3.8) is 0 Å². The van der Waals surface area contributed by atoms with Gasteiger partial charge in [0.25, 0.3) is 0 Å². The van der Waals surface area contributed by atoms with Crippen LogP contribution in [0.1, 0.15) is 24.4 Å². The molecule has 1 atom stereocenters. The standard InChI is InChI=1S/C10H8F5N/c11-5-4(10(16)3-1-2-3)6(12)8(14)9(15)7(5)13/h3,10H,1-2,16H2. The Morgan fingerprint density at radius 3 is 1.56 bits per heavy atom. The van der Waals surface area contributed by atoms with Crippen molar-refractivity contribution in [2.24, 2.45) is 11.7 Å².